The molecule has 0 saturated carbocycles. The van der Waals surface area contributed by atoms with Crippen LogP contribution in [-0.2, 0) is 0 Å². The Kier molecular flexibility index (Phi) is 3.42. The summed E-state index contributed by atoms with van der Waals surface area (Å²) in [5.74, 6) is 0. The minimum Gasteiger partial charge on any atom is -0.316 e. The molecule has 0 aromatic heterocycles. The monoisotopic (exact) mass is 237 g/mol. The summed E-state index contributed by atoms with van der Waals surface area (Å²) in [6, 6.07) is 3.38. The molecule has 3 heterocycles. The van der Waals surface area contributed by atoms with Crippen LogP contribution in [-0.4, -0.2) is 61.2 Å². The molecule has 3 heteroatoms. The molecule has 3 saturated heterocycles. The third kappa shape index (κ3) is 2.25. The van der Waals surface area contributed by atoms with E-state index in [2.05, 4.69) is 29.2 Å². The van der Waals surface area contributed by atoms with E-state index in [4.69, 9.17) is 0 Å². The Bertz CT molecular complexity index is 254. The van der Waals surface area contributed by atoms with Gasteiger partial charge in [0.25, 0.3) is 0 Å². The summed E-state index contributed by atoms with van der Waals surface area (Å²) in [6.07, 6.45) is 8.48. The lowest BCUT2D eigenvalue weighted by atomic mass is 9.93. The lowest BCUT2D eigenvalue weighted by molar-refractivity contribution is 0.0555. The third-order valence-electron chi connectivity index (χ3n) is 5.45. The number of rotatable bonds is 2. The zero-order valence-electron chi connectivity index (χ0n) is 11.4. The third-order valence-corrected chi connectivity index (χ3v) is 5.45. The Morgan fingerprint density at radius 3 is 2.35 bits per heavy atom. The number of likely N-dealkylation sites (N-methyl/N-ethyl adjacent to an activating group) is 1. The van der Waals surface area contributed by atoms with Crippen LogP contribution in [0.25, 0.3) is 0 Å². The first-order chi connectivity index (χ1) is 8.28. The largest absolute Gasteiger partial charge is 0.316 e. The fraction of sp³-hybridized carbons (Fsp3) is 1.00. The van der Waals surface area contributed by atoms with Crippen LogP contribution < -0.4 is 5.32 Å². The molecule has 3 nitrogen and oxygen atoms in total. The molecule has 0 spiro atoms. The van der Waals surface area contributed by atoms with Crippen LogP contribution >= 0.6 is 0 Å². The molecule has 98 valence electrons. The van der Waals surface area contributed by atoms with Crippen LogP contribution in [0.2, 0.25) is 0 Å². The van der Waals surface area contributed by atoms with E-state index < -0.39 is 0 Å². The van der Waals surface area contributed by atoms with Crippen molar-refractivity contribution in [3.63, 3.8) is 0 Å². The summed E-state index contributed by atoms with van der Waals surface area (Å²) < 4.78 is 0. The van der Waals surface area contributed by atoms with E-state index in [1.165, 1.54) is 51.6 Å². The number of nitrogens with one attached hydrogen (secondary N) is 1. The number of hydrogen-bond donors (Lipinski definition) is 1. The number of piperidine rings is 2. The second-order valence-electron chi connectivity index (χ2n) is 6.30. The van der Waals surface area contributed by atoms with Gasteiger partial charge in [0.1, 0.15) is 0 Å². The normalized spacial score (nSPS) is 44.1. The lowest BCUT2D eigenvalue weighted by Crippen LogP contribution is -2.54. The average Bonchev–Trinajstić information content (AvgIpc) is 2.61. The van der Waals surface area contributed by atoms with Crippen LogP contribution in [0.4, 0.5) is 0 Å². The molecule has 0 aromatic rings. The predicted molar refractivity (Wildman–Crippen MR) is 71.2 cm³/mol. The average molecular weight is 237 g/mol. The molecular weight excluding hydrogens is 210 g/mol. The number of nitrogens with zero attached hydrogens (tertiary/aromatic N) is 2. The minimum absolute atomic E-state index is 0.737. The molecule has 2 bridgehead atoms. The van der Waals surface area contributed by atoms with Crippen molar-refractivity contribution in [2.75, 3.05) is 27.2 Å². The second kappa shape index (κ2) is 4.87. The van der Waals surface area contributed by atoms with E-state index in [-0.39, 0.29) is 0 Å². The first-order valence-electron chi connectivity index (χ1n) is 7.41. The summed E-state index contributed by atoms with van der Waals surface area (Å²) in [4.78, 5) is 5.43. The Balaban J connectivity index is 1.62. The topological polar surface area (TPSA) is 18.5 Å². The first-order valence-corrected chi connectivity index (χ1v) is 7.41. The fourth-order valence-electron chi connectivity index (χ4n) is 4.25. The van der Waals surface area contributed by atoms with Crippen LogP contribution in [0, 0.1) is 0 Å². The second-order valence-corrected chi connectivity index (χ2v) is 6.30. The lowest BCUT2D eigenvalue weighted by Gasteiger charge is -2.44. The van der Waals surface area contributed by atoms with Gasteiger partial charge in [0.2, 0.25) is 0 Å². The highest BCUT2D eigenvalue weighted by atomic mass is 15.3. The van der Waals surface area contributed by atoms with Crippen molar-refractivity contribution in [2.24, 2.45) is 0 Å². The maximum atomic E-state index is 3.47. The smallest absolute Gasteiger partial charge is 0.0192 e. The van der Waals surface area contributed by atoms with Gasteiger partial charge in [-0.05, 0) is 59.2 Å². The van der Waals surface area contributed by atoms with E-state index in [1.807, 2.05) is 0 Å². The molecule has 3 aliphatic rings. The number of fused-ring (bicyclic) bond motifs is 2. The van der Waals surface area contributed by atoms with Gasteiger partial charge in [0, 0.05) is 30.7 Å². The molecule has 0 radical (unpaired) electrons. The standard InChI is InChI=1S/C14H27N3/c1-15-11-4-3-7-17(10-11)14-8-12-5-6-13(9-14)16(12)2/h11-15H,3-10H2,1-2H3. The molecule has 0 aromatic carbocycles. The zero-order valence-corrected chi connectivity index (χ0v) is 11.4. The van der Waals surface area contributed by atoms with E-state index in [0.29, 0.717) is 0 Å². The van der Waals surface area contributed by atoms with Crippen molar-refractivity contribution in [1.29, 1.82) is 0 Å². The zero-order chi connectivity index (χ0) is 11.8. The van der Waals surface area contributed by atoms with Crippen molar-refractivity contribution >= 4 is 0 Å². The molecule has 17 heavy (non-hydrogen) atoms. The number of likely N-dealkylation sites (tertiary alicyclic amines) is 1. The van der Waals surface area contributed by atoms with Crippen LogP contribution in [0.1, 0.15) is 38.5 Å². The molecule has 3 unspecified atom stereocenters. The first kappa shape index (κ1) is 11.9. The summed E-state index contributed by atoms with van der Waals surface area (Å²) >= 11 is 0. The molecular formula is C14H27N3. The van der Waals surface area contributed by atoms with Crippen molar-refractivity contribution < 1.29 is 0 Å². The van der Waals surface area contributed by atoms with Gasteiger partial charge >= 0.3 is 0 Å². The van der Waals surface area contributed by atoms with E-state index in [0.717, 1.165) is 24.2 Å². The summed E-state index contributed by atoms with van der Waals surface area (Å²) in [5, 5.41) is 3.47. The van der Waals surface area contributed by atoms with Crippen LogP contribution in [0.15, 0.2) is 0 Å². The van der Waals surface area contributed by atoms with E-state index >= 15 is 0 Å². The molecule has 0 aliphatic carbocycles. The maximum absolute atomic E-state index is 3.47. The Labute approximate surface area is 106 Å². The van der Waals surface area contributed by atoms with Gasteiger partial charge in [0.05, 0.1) is 0 Å². The van der Waals surface area contributed by atoms with Crippen molar-refractivity contribution in [3.8, 4) is 0 Å². The fourth-order valence-corrected chi connectivity index (χ4v) is 4.25. The van der Waals surface area contributed by atoms with Gasteiger partial charge in [-0.15, -0.1) is 0 Å². The molecule has 1 N–H and O–H groups in total. The molecule has 3 fully saturated rings. The van der Waals surface area contributed by atoms with Gasteiger partial charge < -0.3 is 10.2 Å². The van der Waals surface area contributed by atoms with Gasteiger partial charge in [-0.2, -0.15) is 0 Å². The molecule has 3 aliphatic heterocycles. The van der Waals surface area contributed by atoms with Gasteiger partial charge in [-0.25, -0.2) is 0 Å². The van der Waals surface area contributed by atoms with Gasteiger partial charge in [-0.3, -0.25) is 4.90 Å². The molecule has 0 amide bonds. The van der Waals surface area contributed by atoms with E-state index in [9.17, 15) is 0 Å². The highest BCUT2D eigenvalue weighted by Gasteiger charge is 2.40. The predicted octanol–water partition coefficient (Wildman–Crippen LogP) is 1.30. The van der Waals surface area contributed by atoms with Crippen LogP contribution in [0.5, 0.6) is 0 Å². The SMILES string of the molecule is CNC1CCCN(C2CC3CCC(C2)N3C)C1. The summed E-state index contributed by atoms with van der Waals surface area (Å²) in [7, 11) is 4.46. The highest BCUT2D eigenvalue weighted by molar-refractivity contribution is 4.97. The highest BCUT2D eigenvalue weighted by Crippen LogP contribution is 2.36. The minimum atomic E-state index is 0.737. The Morgan fingerprint density at radius 2 is 1.71 bits per heavy atom. The van der Waals surface area contributed by atoms with Gasteiger partial charge in [-0.1, -0.05) is 0 Å². The quantitative estimate of drug-likeness (QED) is 0.781. The molecule has 3 atom stereocenters. The maximum Gasteiger partial charge on any atom is 0.0192 e. The Hall–Kier alpha value is -0.120. The van der Waals surface area contributed by atoms with Crippen molar-refractivity contribution in [3.05, 3.63) is 0 Å². The summed E-state index contributed by atoms with van der Waals surface area (Å²) in [5.41, 5.74) is 0. The molecule has 3 rings (SSSR count). The number of hydrogen-bond acceptors (Lipinski definition) is 3. The Morgan fingerprint density at radius 1 is 1.00 bits per heavy atom. The summed E-state index contributed by atoms with van der Waals surface area (Å²) in [6.45, 7) is 2.62. The van der Waals surface area contributed by atoms with E-state index in [1.54, 1.807) is 0 Å². The van der Waals surface area contributed by atoms with Gasteiger partial charge in [0.15, 0.2) is 0 Å². The van der Waals surface area contributed by atoms with Crippen molar-refractivity contribution in [2.45, 2.75) is 62.7 Å². The van der Waals surface area contributed by atoms with Crippen molar-refractivity contribution in [1.82, 2.24) is 15.1 Å². The van der Waals surface area contributed by atoms with Crippen LogP contribution in [0.3, 0.4) is 0 Å².